The van der Waals surface area contributed by atoms with Crippen molar-refractivity contribution in [1.82, 2.24) is 15.6 Å². The van der Waals surface area contributed by atoms with Crippen LogP contribution >= 0.6 is 11.3 Å². The van der Waals surface area contributed by atoms with Gasteiger partial charge in [0.05, 0.1) is 15.8 Å². The van der Waals surface area contributed by atoms with Gasteiger partial charge in [-0.15, -0.1) is 0 Å². The van der Waals surface area contributed by atoms with Crippen molar-refractivity contribution >= 4 is 44.6 Å². The highest BCUT2D eigenvalue weighted by Crippen LogP contribution is 2.24. The minimum absolute atomic E-state index is 0.274. The largest absolute Gasteiger partial charge is 0.449 e. The maximum atomic E-state index is 12.0. The number of hydrogen-bond acceptors (Lipinski definition) is 7. The number of amides is 3. The van der Waals surface area contributed by atoms with Gasteiger partial charge in [-0.2, -0.15) is 0 Å². The van der Waals surface area contributed by atoms with Crippen LogP contribution in [0.2, 0.25) is 0 Å². The number of hydrogen-bond donors (Lipinski definition) is 3. The summed E-state index contributed by atoms with van der Waals surface area (Å²) in [5.41, 5.74) is 6.56. The SMILES string of the molecule is CNC(=O)NC(=O)C(C)OC(=O)c1ccc2nc(N)sc2c1. The van der Waals surface area contributed by atoms with Crippen LogP contribution in [0.5, 0.6) is 0 Å². The Morgan fingerprint density at radius 1 is 1.36 bits per heavy atom. The third-order valence-electron chi connectivity index (χ3n) is 2.76. The number of nitrogen functional groups attached to an aromatic ring is 1. The number of carbonyl (C=O) groups is 3. The van der Waals surface area contributed by atoms with Gasteiger partial charge in [0, 0.05) is 7.05 Å². The molecule has 0 radical (unpaired) electrons. The summed E-state index contributed by atoms with van der Waals surface area (Å²) in [6.07, 6.45) is -1.10. The van der Waals surface area contributed by atoms with Gasteiger partial charge in [-0.1, -0.05) is 11.3 Å². The number of nitrogens with one attached hydrogen (secondary N) is 2. The lowest BCUT2D eigenvalue weighted by molar-refractivity contribution is -0.127. The van der Waals surface area contributed by atoms with Crippen molar-refractivity contribution in [3.63, 3.8) is 0 Å². The number of fused-ring (bicyclic) bond motifs is 1. The van der Waals surface area contributed by atoms with Gasteiger partial charge in [-0.05, 0) is 25.1 Å². The molecule has 1 aromatic heterocycles. The third-order valence-corrected chi connectivity index (χ3v) is 3.60. The normalized spacial score (nSPS) is 11.7. The molecule has 116 valence electrons. The molecule has 2 aromatic rings. The Kier molecular flexibility index (Phi) is 4.56. The molecular weight excluding hydrogens is 308 g/mol. The molecule has 1 aromatic carbocycles. The zero-order valence-electron chi connectivity index (χ0n) is 11.9. The average molecular weight is 322 g/mol. The number of imide groups is 1. The Morgan fingerprint density at radius 2 is 2.09 bits per heavy atom. The number of aromatic nitrogens is 1. The molecule has 1 atom stereocenters. The van der Waals surface area contributed by atoms with Gasteiger partial charge in [0.1, 0.15) is 0 Å². The van der Waals surface area contributed by atoms with Crippen LogP contribution in [0.3, 0.4) is 0 Å². The molecule has 2 rings (SSSR count). The van der Waals surface area contributed by atoms with Gasteiger partial charge >= 0.3 is 12.0 Å². The molecule has 0 bridgehead atoms. The van der Waals surface area contributed by atoms with Crippen LogP contribution in [0.25, 0.3) is 10.2 Å². The van der Waals surface area contributed by atoms with Crippen LogP contribution < -0.4 is 16.4 Å². The number of ether oxygens (including phenoxy) is 1. The minimum Gasteiger partial charge on any atom is -0.449 e. The Bertz CT molecular complexity index is 743. The average Bonchev–Trinajstić information content (AvgIpc) is 2.85. The lowest BCUT2D eigenvalue weighted by Gasteiger charge is -2.12. The van der Waals surface area contributed by atoms with Crippen molar-refractivity contribution in [2.45, 2.75) is 13.0 Å². The molecule has 0 saturated carbocycles. The summed E-state index contributed by atoms with van der Waals surface area (Å²) < 4.78 is 5.77. The highest BCUT2D eigenvalue weighted by atomic mass is 32.1. The maximum absolute atomic E-state index is 12.0. The molecule has 0 aliphatic heterocycles. The minimum atomic E-state index is -1.10. The van der Waals surface area contributed by atoms with E-state index in [1.165, 1.54) is 31.4 Å². The highest BCUT2D eigenvalue weighted by molar-refractivity contribution is 7.22. The standard InChI is InChI=1S/C13H14N4O4S/c1-6(10(18)17-13(20)15-2)21-11(19)7-3-4-8-9(5-7)22-12(14)16-8/h3-6H,1-2H3,(H2,14,16)(H2,15,17,18,20). The summed E-state index contributed by atoms with van der Waals surface area (Å²) in [5.74, 6) is -1.38. The smallest absolute Gasteiger partial charge is 0.338 e. The first kappa shape index (κ1) is 15.7. The number of anilines is 1. The molecule has 0 saturated heterocycles. The topological polar surface area (TPSA) is 123 Å². The molecule has 8 nitrogen and oxygen atoms in total. The lowest BCUT2D eigenvalue weighted by atomic mass is 10.2. The molecule has 0 spiro atoms. The van der Waals surface area contributed by atoms with Crippen LogP contribution in [0.15, 0.2) is 18.2 Å². The number of benzene rings is 1. The molecule has 4 N–H and O–H groups in total. The number of nitrogens with zero attached hydrogens (tertiary/aromatic N) is 1. The van der Waals surface area contributed by atoms with E-state index in [-0.39, 0.29) is 5.56 Å². The Labute approximate surface area is 129 Å². The summed E-state index contributed by atoms with van der Waals surface area (Å²) in [6.45, 7) is 1.37. The lowest BCUT2D eigenvalue weighted by Crippen LogP contribution is -2.43. The van der Waals surface area contributed by atoms with E-state index >= 15 is 0 Å². The predicted octanol–water partition coefficient (Wildman–Crippen LogP) is 0.879. The van der Waals surface area contributed by atoms with Crippen molar-refractivity contribution in [1.29, 1.82) is 0 Å². The zero-order valence-corrected chi connectivity index (χ0v) is 12.7. The quantitative estimate of drug-likeness (QED) is 0.721. The van der Waals surface area contributed by atoms with Gasteiger partial charge in [0.2, 0.25) is 0 Å². The van der Waals surface area contributed by atoms with E-state index in [1.807, 2.05) is 5.32 Å². The molecule has 9 heteroatoms. The predicted molar refractivity (Wildman–Crippen MR) is 81.5 cm³/mol. The zero-order chi connectivity index (χ0) is 16.3. The van der Waals surface area contributed by atoms with Gasteiger partial charge in [-0.3, -0.25) is 10.1 Å². The van der Waals surface area contributed by atoms with Crippen LogP contribution in [-0.2, 0) is 9.53 Å². The highest BCUT2D eigenvalue weighted by Gasteiger charge is 2.20. The van der Waals surface area contributed by atoms with Gasteiger partial charge in [-0.25, -0.2) is 14.6 Å². The monoisotopic (exact) mass is 322 g/mol. The fourth-order valence-electron chi connectivity index (χ4n) is 1.63. The first-order chi connectivity index (χ1) is 10.4. The van der Waals surface area contributed by atoms with E-state index in [0.717, 1.165) is 4.70 Å². The van der Waals surface area contributed by atoms with Crippen LogP contribution in [0.1, 0.15) is 17.3 Å². The number of esters is 1. The molecular formula is C13H14N4O4S. The number of rotatable bonds is 3. The Balaban J connectivity index is 2.06. The van der Waals surface area contributed by atoms with Crippen molar-refractivity contribution in [2.75, 3.05) is 12.8 Å². The third kappa shape index (κ3) is 3.50. The van der Waals surface area contributed by atoms with Crippen molar-refractivity contribution in [3.8, 4) is 0 Å². The molecule has 22 heavy (non-hydrogen) atoms. The fraction of sp³-hybridized carbons (Fsp3) is 0.231. The van der Waals surface area contributed by atoms with Crippen molar-refractivity contribution in [2.24, 2.45) is 0 Å². The van der Waals surface area contributed by atoms with Crippen LogP contribution in [0.4, 0.5) is 9.93 Å². The molecule has 1 unspecified atom stereocenters. The summed E-state index contributed by atoms with van der Waals surface area (Å²) in [6, 6.07) is 4.10. The first-order valence-electron chi connectivity index (χ1n) is 6.30. The summed E-state index contributed by atoms with van der Waals surface area (Å²) in [4.78, 5) is 38.7. The number of carbonyl (C=O) groups excluding carboxylic acids is 3. The van der Waals surface area contributed by atoms with E-state index in [1.54, 1.807) is 12.1 Å². The Morgan fingerprint density at radius 3 is 2.77 bits per heavy atom. The fourth-order valence-corrected chi connectivity index (χ4v) is 2.40. The van der Waals surface area contributed by atoms with E-state index in [2.05, 4.69) is 10.3 Å². The van der Waals surface area contributed by atoms with Gasteiger partial charge in [0.15, 0.2) is 11.2 Å². The molecule has 0 fully saturated rings. The molecule has 3 amide bonds. The van der Waals surface area contributed by atoms with Crippen molar-refractivity contribution in [3.05, 3.63) is 23.8 Å². The number of urea groups is 1. The first-order valence-corrected chi connectivity index (χ1v) is 7.12. The van der Waals surface area contributed by atoms with Gasteiger partial charge in [0.25, 0.3) is 5.91 Å². The number of nitrogens with two attached hydrogens (primary N) is 1. The summed E-state index contributed by atoms with van der Waals surface area (Å²) in [7, 11) is 1.37. The van der Waals surface area contributed by atoms with Crippen LogP contribution in [-0.4, -0.2) is 36.0 Å². The second kappa shape index (κ2) is 6.39. The summed E-state index contributed by atoms with van der Waals surface area (Å²) >= 11 is 1.25. The second-order valence-corrected chi connectivity index (χ2v) is 5.41. The van der Waals surface area contributed by atoms with Crippen molar-refractivity contribution < 1.29 is 19.1 Å². The van der Waals surface area contributed by atoms with E-state index < -0.39 is 24.0 Å². The maximum Gasteiger partial charge on any atom is 0.338 e. The number of thiazole rings is 1. The van der Waals surface area contributed by atoms with Crippen LogP contribution in [0, 0.1) is 0 Å². The summed E-state index contributed by atoms with van der Waals surface area (Å²) in [5, 5.41) is 4.66. The van der Waals surface area contributed by atoms with E-state index in [9.17, 15) is 14.4 Å². The molecule has 1 heterocycles. The Hall–Kier alpha value is -2.68. The second-order valence-electron chi connectivity index (χ2n) is 4.35. The molecule has 0 aliphatic rings. The van der Waals surface area contributed by atoms with E-state index in [0.29, 0.717) is 10.6 Å². The van der Waals surface area contributed by atoms with E-state index in [4.69, 9.17) is 10.5 Å². The van der Waals surface area contributed by atoms with Gasteiger partial charge < -0.3 is 15.8 Å². The molecule has 0 aliphatic carbocycles.